The highest BCUT2D eigenvalue weighted by molar-refractivity contribution is 5.03. The molecule has 1 saturated heterocycles. The molecule has 88 valence electrons. The van der Waals surface area contributed by atoms with Crippen molar-refractivity contribution in [3.63, 3.8) is 0 Å². The Balaban J connectivity index is 1.97. The van der Waals surface area contributed by atoms with Crippen molar-refractivity contribution in [3.05, 3.63) is 0 Å². The van der Waals surface area contributed by atoms with Crippen molar-refractivity contribution in [3.8, 4) is 0 Å². The normalized spacial score (nSPS) is 31.2. The molecule has 0 aromatic carbocycles. The highest BCUT2D eigenvalue weighted by Gasteiger charge is 2.52. The van der Waals surface area contributed by atoms with Gasteiger partial charge in [-0.1, -0.05) is 13.8 Å². The quantitative estimate of drug-likeness (QED) is 0.756. The van der Waals surface area contributed by atoms with Crippen LogP contribution in [-0.2, 0) is 0 Å². The summed E-state index contributed by atoms with van der Waals surface area (Å²) in [5, 5.41) is 0. The highest BCUT2D eigenvalue weighted by atomic mass is 15.1. The second kappa shape index (κ2) is 3.74. The van der Waals surface area contributed by atoms with Gasteiger partial charge in [-0.05, 0) is 69.1 Å². The Kier molecular flexibility index (Phi) is 2.85. The van der Waals surface area contributed by atoms with E-state index in [0.717, 1.165) is 12.5 Å². The second-order valence-corrected chi connectivity index (χ2v) is 6.66. The van der Waals surface area contributed by atoms with E-state index >= 15 is 0 Å². The molecule has 1 heterocycles. The van der Waals surface area contributed by atoms with Crippen molar-refractivity contribution >= 4 is 0 Å². The second-order valence-electron chi connectivity index (χ2n) is 6.66. The largest absolute Gasteiger partial charge is 0.330 e. The summed E-state index contributed by atoms with van der Waals surface area (Å²) in [6.45, 7) is 8.22. The van der Waals surface area contributed by atoms with E-state index < -0.39 is 0 Å². The van der Waals surface area contributed by atoms with E-state index in [1.165, 1.54) is 38.8 Å². The zero-order valence-corrected chi connectivity index (χ0v) is 10.6. The van der Waals surface area contributed by atoms with Crippen LogP contribution in [0, 0.1) is 16.7 Å². The molecular weight excluding hydrogens is 184 g/mol. The van der Waals surface area contributed by atoms with Gasteiger partial charge in [0, 0.05) is 0 Å². The summed E-state index contributed by atoms with van der Waals surface area (Å²) in [6.07, 6.45) is 5.43. The van der Waals surface area contributed by atoms with E-state index in [0.29, 0.717) is 10.8 Å². The summed E-state index contributed by atoms with van der Waals surface area (Å²) in [5.74, 6) is 0.895. The standard InChI is InChI=1S/C13H26N2/c1-12(2)8-13(9-12,10-14)11-4-6-15(3)7-5-11/h11H,4-10,14H2,1-3H3. The minimum Gasteiger partial charge on any atom is -0.330 e. The minimum atomic E-state index is 0.505. The summed E-state index contributed by atoms with van der Waals surface area (Å²) in [5.41, 5.74) is 7.10. The van der Waals surface area contributed by atoms with E-state index in [-0.39, 0.29) is 0 Å². The topological polar surface area (TPSA) is 29.3 Å². The van der Waals surface area contributed by atoms with Crippen LogP contribution in [-0.4, -0.2) is 31.6 Å². The summed E-state index contributed by atoms with van der Waals surface area (Å²) in [6, 6.07) is 0. The zero-order chi connectivity index (χ0) is 11.1. The number of rotatable bonds is 2. The van der Waals surface area contributed by atoms with Gasteiger partial charge in [-0.15, -0.1) is 0 Å². The van der Waals surface area contributed by atoms with E-state index in [2.05, 4.69) is 25.8 Å². The van der Waals surface area contributed by atoms with Crippen LogP contribution in [0.3, 0.4) is 0 Å². The van der Waals surface area contributed by atoms with Gasteiger partial charge in [-0.25, -0.2) is 0 Å². The molecule has 0 aromatic rings. The summed E-state index contributed by atoms with van der Waals surface area (Å²) in [4.78, 5) is 2.45. The number of hydrogen-bond acceptors (Lipinski definition) is 2. The van der Waals surface area contributed by atoms with Gasteiger partial charge >= 0.3 is 0 Å². The molecule has 0 spiro atoms. The average molecular weight is 210 g/mol. The molecule has 2 fully saturated rings. The van der Waals surface area contributed by atoms with Crippen molar-refractivity contribution in [2.45, 2.75) is 39.5 Å². The average Bonchev–Trinajstić information content (AvgIpc) is 2.14. The van der Waals surface area contributed by atoms with Crippen LogP contribution in [0.25, 0.3) is 0 Å². The fourth-order valence-corrected chi connectivity index (χ4v) is 4.08. The fourth-order valence-electron chi connectivity index (χ4n) is 4.08. The predicted octanol–water partition coefficient (Wildman–Crippen LogP) is 2.09. The SMILES string of the molecule is CN1CCC(C2(CN)CC(C)(C)C2)CC1. The Morgan fingerprint density at radius 3 is 2.13 bits per heavy atom. The lowest BCUT2D eigenvalue weighted by molar-refractivity contribution is -0.0715. The molecule has 1 saturated carbocycles. The third-order valence-electron chi connectivity index (χ3n) is 4.65. The van der Waals surface area contributed by atoms with Crippen LogP contribution in [0.2, 0.25) is 0 Å². The van der Waals surface area contributed by atoms with Gasteiger partial charge < -0.3 is 10.6 Å². The molecule has 0 bridgehead atoms. The Bertz CT molecular complexity index is 219. The van der Waals surface area contributed by atoms with Crippen molar-refractivity contribution < 1.29 is 0 Å². The Morgan fingerprint density at radius 2 is 1.73 bits per heavy atom. The molecule has 0 aromatic heterocycles. The smallest absolute Gasteiger partial charge is 0.00175 e. The van der Waals surface area contributed by atoms with Crippen molar-refractivity contribution in [2.75, 3.05) is 26.7 Å². The van der Waals surface area contributed by atoms with E-state index in [4.69, 9.17) is 5.73 Å². The molecule has 2 heteroatoms. The van der Waals surface area contributed by atoms with E-state index in [1.807, 2.05) is 0 Å². The minimum absolute atomic E-state index is 0.505. The van der Waals surface area contributed by atoms with Crippen LogP contribution in [0.1, 0.15) is 39.5 Å². The lowest BCUT2D eigenvalue weighted by atomic mass is 9.48. The maximum absolute atomic E-state index is 6.04. The molecular formula is C13H26N2. The molecule has 2 rings (SSSR count). The molecule has 2 N–H and O–H groups in total. The first-order chi connectivity index (χ1) is 6.97. The van der Waals surface area contributed by atoms with E-state index in [9.17, 15) is 0 Å². The molecule has 1 aliphatic carbocycles. The van der Waals surface area contributed by atoms with Crippen LogP contribution in [0.4, 0.5) is 0 Å². The molecule has 0 radical (unpaired) electrons. The monoisotopic (exact) mass is 210 g/mol. The summed E-state index contributed by atoms with van der Waals surface area (Å²) >= 11 is 0. The fraction of sp³-hybridized carbons (Fsp3) is 1.00. The Labute approximate surface area is 94.2 Å². The third-order valence-corrected chi connectivity index (χ3v) is 4.65. The lowest BCUT2D eigenvalue weighted by Crippen LogP contribution is -2.54. The lowest BCUT2D eigenvalue weighted by Gasteiger charge is -2.58. The van der Waals surface area contributed by atoms with Crippen LogP contribution in [0.15, 0.2) is 0 Å². The predicted molar refractivity (Wildman–Crippen MR) is 64.7 cm³/mol. The maximum atomic E-state index is 6.04. The summed E-state index contributed by atoms with van der Waals surface area (Å²) < 4.78 is 0. The molecule has 1 aliphatic heterocycles. The first-order valence-electron chi connectivity index (χ1n) is 6.36. The van der Waals surface area contributed by atoms with Crippen molar-refractivity contribution in [1.82, 2.24) is 4.90 Å². The Morgan fingerprint density at radius 1 is 1.20 bits per heavy atom. The molecule has 0 unspecified atom stereocenters. The van der Waals surface area contributed by atoms with Gasteiger partial charge in [0.2, 0.25) is 0 Å². The third kappa shape index (κ3) is 2.07. The van der Waals surface area contributed by atoms with Gasteiger partial charge in [0.15, 0.2) is 0 Å². The van der Waals surface area contributed by atoms with Crippen molar-refractivity contribution in [1.29, 1.82) is 0 Å². The first-order valence-corrected chi connectivity index (χ1v) is 6.36. The summed E-state index contributed by atoms with van der Waals surface area (Å²) in [7, 11) is 2.23. The van der Waals surface area contributed by atoms with E-state index in [1.54, 1.807) is 0 Å². The van der Waals surface area contributed by atoms with Crippen LogP contribution >= 0.6 is 0 Å². The van der Waals surface area contributed by atoms with Crippen LogP contribution < -0.4 is 5.73 Å². The maximum Gasteiger partial charge on any atom is -0.00175 e. The number of nitrogens with zero attached hydrogens (tertiary/aromatic N) is 1. The number of hydrogen-bond donors (Lipinski definition) is 1. The van der Waals surface area contributed by atoms with Gasteiger partial charge in [0.05, 0.1) is 0 Å². The number of likely N-dealkylation sites (tertiary alicyclic amines) is 1. The number of nitrogens with two attached hydrogens (primary N) is 1. The Hall–Kier alpha value is -0.0800. The van der Waals surface area contributed by atoms with Gasteiger partial charge in [0.25, 0.3) is 0 Å². The molecule has 15 heavy (non-hydrogen) atoms. The highest BCUT2D eigenvalue weighted by Crippen LogP contribution is 2.59. The molecule has 0 atom stereocenters. The van der Waals surface area contributed by atoms with Gasteiger partial charge in [0.1, 0.15) is 0 Å². The van der Waals surface area contributed by atoms with Gasteiger partial charge in [-0.2, -0.15) is 0 Å². The van der Waals surface area contributed by atoms with Gasteiger partial charge in [-0.3, -0.25) is 0 Å². The molecule has 2 nitrogen and oxygen atoms in total. The first kappa shape index (κ1) is 11.4. The molecule has 2 aliphatic rings. The van der Waals surface area contributed by atoms with Crippen molar-refractivity contribution in [2.24, 2.45) is 22.5 Å². The zero-order valence-electron chi connectivity index (χ0n) is 10.6. The molecule has 0 amide bonds. The number of piperidine rings is 1. The van der Waals surface area contributed by atoms with Crippen LogP contribution in [0.5, 0.6) is 0 Å².